The van der Waals surface area contributed by atoms with Gasteiger partial charge in [0, 0.05) is 32.7 Å². The molecule has 5 heteroatoms. The van der Waals surface area contributed by atoms with Gasteiger partial charge in [0.1, 0.15) is 17.8 Å². The van der Waals surface area contributed by atoms with Gasteiger partial charge in [-0.3, -0.25) is 0 Å². The van der Waals surface area contributed by atoms with Crippen molar-refractivity contribution >= 4 is 62.1 Å². The third-order valence-corrected chi connectivity index (χ3v) is 10.7. The summed E-state index contributed by atoms with van der Waals surface area (Å²) in [5, 5.41) is 4.57. The number of hydrogen-bond acceptors (Lipinski definition) is 2. The molecular weight excluding hydrogens is 697 g/mol. The molecule has 0 fully saturated rings. The Labute approximate surface area is 330 Å². The summed E-state index contributed by atoms with van der Waals surface area (Å²) in [4.78, 5) is 14.9. The molecule has 0 unspecified atom stereocenters. The Hall–Kier alpha value is -7.63. The van der Waals surface area contributed by atoms with Crippen molar-refractivity contribution in [3.63, 3.8) is 0 Å². The fraction of sp³-hybridized carbons (Fsp3) is 0.0192. The molecule has 0 bridgehead atoms. The van der Waals surface area contributed by atoms with Gasteiger partial charge in [-0.2, -0.15) is 0 Å². The van der Waals surface area contributed by atoms with Crippen LogP contribution in [0.2, 0.25) is 0 Å². The van der Waals surface area contributed by atoms with Crippen LogP contribution in [0.25, 0.3) is 77.1 Å². The van der Waals surface area contributed by atoms with Crippen molar-refractivity contribution in [2.45, 2.75) is 6.67 Å². The highest BCUT2D eigenvalue weighted by Crippen LogP contribution is 2.39. The zero-order valence-corrected chi connectivity index (χ0v) is 31.1. The van der Waals surface area contributed by atoms with Gasteiger partial charge in [0.15, 0.2) is 11.7 Å². The molecule has 0 atom stereocenters. The van der Waals surface area contributed by atoms with Gasteiger partial charge in [-0.05, 0) is 76.5 Å². The van der Waals surface area contributed by atoms with Crippen LogP contribution in [0.4, 0.5) is 0 Å². The van der Waals surface area contributed by atoms with E-state index in [4.69, 9.17) is 14.4 Å². The van der Waals surface area contributed by atoms with Crippen LogP contribution < -0.4 is 0 Å². The van der Waals surface area contributed by atoms with Crippen LogP contribution in [0.15, 0.2) is 214 Å². The summed E-state index contributed by atoms with van der Waals surface area (Å²) in [5.74, 6) is 1.08. The molecule has 270 valence electrons. The Bertz CT molecular complexity index is 3150. The number of furan rings is 1. The molecule has 2 heterocycles. The minimum Gasteiger partial charge on any atom is -0.456 e. The number of aromatic nitrogens is 1. The van der Waals surface area contributed by atoms with E-state index in [0.717, 1.165) is 88.3 Å². The van der Waals surface area contributed by atoms with Gasteiger partial charge in [0.25, 0.3) is 0 Å². The second kappa shape index (κ2) is 14.5. The lowest BCUT2D eigenvalue weighted by Gasteiger charge is -2.10. The van der Waals surface area contributed by atoms with Gasteiger partial charge in [0.05, 0.1) is 11.0 Å². The Kier molecular flexibility index (Phi) is 8.65. The van der Waals surface area contributed by atoms with E-state index in [1.165, 1.54) is 0 Å². The number of rotatable bonds is 7. The summed E-state index contributed by atoms with van der Waals surface area (Å²) >= 11 is 0. The maximum atomic E-state index is 6.25. The summed E-state index contributed by atoms with van der Waals surface area (Å²) < 4.78 is 8.52. The largest absolute Gasteiger partial charge is 0.456 e. The highest BCUT2D eigenvalue weighted by atomic mass is 16.3. The average Bonchev–Trinajstić information content (AvgIpc) is 3.82. The Morgan fingerprint density at radius 2 is 1.07 bits per heavy atom. The van der Waals surface area contributed by atoms with Crippen molar-refractivity contribution in [3.05, 3.63) is 205 Å². The van der Waals surface area contributed by atoms with Crippen LogP contribution in [0.5, 0.6) is 0 Å². The summed E-state index contributed by atoms with van der Waals surface area (Å²) in [6.07, 6.45) is 0. The predicted molar refractivity (Wildman–Crippen MR) is 239 cm³/mol. The maximum absolute atomic E-state index is 6.25. The molecule has 8 aromatic carbocycles. The molecule has 0 aliphatic carbocycles. The van der Waals surface area contributed by atoms with Gasteiger partial charge in [-0.1, -0.05) is 158 Å². The Morgan fingerprint density at radius 3 is 1.86 bits per heavy atom. The van der Waals surface area contributed by atoms with E-state index in [1.807, 2.05) is 54.6 Å². The van der Waals surface area contributed by atoms with E-state index >= 15 is 0 Å². The molecular formula is C52H36N4O. The quantitative estimate of drug-likeness (QED) is 0.119. The minimum absolute atomic E-state index is 0.346. The zero-order chi connectivity index (χ0) is 38.1. The topological polar surface area (TPSA) is 55.1 Å². The molecule has 0 radical (unpaired) electrons. The number of fused-ring (bicyclic) bond motifs is 6. The molecule has 0 spiro atoms. The molecule has 0 amide bonds. The van der Waals surface area contributed by atoms with E-state index < -0.39 is 0 Å². The fourth-order valence-electron chi connectivity index (χ4n) is 7.92. The molecule has 10 rings (SSSR count). The van der Waals surface area contributed by atoms with E-state index in [1.54, 1.807) is 0 Å². The second-order valence-corrected chi connectivity index (χ2v) is 14.1. The number of aliphatic imine (C=N–C) groups is 3. The molecule has 2 aromatic heterocycles. The Balaban J connectivity index is 1.09. The van der Waals surface area contributed by atoms with Crippen molar-refractivity contribution in [2.75, 3.05) is 0 Å². The number of nitrogens with zero attached hydrogens (tertiary/aromatic N) is 4. The predicted octanol–water partition coefficient (Wildman–Crippen LogP) is 13.2. The highest BCUT2D eigenvalue weighted by Gasteiger charge is 2.16. The molecule has 57 heavy (non-hydrogen) atoms. The van der Waals surface area contributed by atoms with E-state index in [2.05, 4.69) is 156 Å². The van der Waals surface area contributed by atoms with Gasteiger partial charge in [0.2, 0.25) is 0 Å². The first-order valence-electron chi connectivity index (χ1n) is 19.0. The molecule has 10 aromatic rings. The molecule has 5 nitrogen and oxygen atoms in total. The first kappa shape index (κ1) is 33.9. The number of para-hydroxylation sites is 2. The summed E-state index contributed by atoms with van der Waals surface area (Å²) in [5.41, 5.74) is 12.5. The summed E-state index contributed by atoms with van der Waals surface area (Å²) in [7, 11) is 0. The lowest BCUT2D eigenvalue weighted by atomic mass is 9.98. The molecule has 0 saturated heterocycles. The third kappa shape index (κ3) is 6.31. The normalized spacial score (nSPS) is 12.2. The number of amidine groups is 2. The van der Waals surface area contributed by atoms with Crippen LogP contribution in [-0.4, -0.2) is 23.0 Å². The van der Waals surface area contributed by atoms with Gasteiger partial charge in [-0.25, -0.2) is 15.0 Å². The SMILES string of the molecule is C=N/C(=N\C(=N/Cn1c2ccccc2c2cc(-c3cccc4oc5ccccc5c34)ccc21)c1ccc(-c2ccccc2)cc1)c1cccc(-c2ccccc2)c1. The molecule has 0 aliphatic rings. The monoisotopic (exact) mass is 732 g/mol. The lowest BCUT2D eigenvalue weighted by molar-refractivity contribution is 0.669. The molecule has 0 saturated carbocycles. The van der Waals surface area contributed by atoms with E-state index in [9.17, 15) is 0 Å². The van der Waals surface area contributed by atoms with Crippen LogP contribution in [0.1, 0.15) is 11.1 Å². The Morgan fingerprint density at radius 1 is 0.456 bits per heavy atom. The van der Waals surface area contributed by atoms with E-state index in [-0.39, 0.29) is 0 Å². The summed E-state index contributed by atoms with van der Waals surface area (Å²) in [6, 6.07) is 67.2. The van der Waals surface area contributed by atoms with Crippen molar-refractivity contribution in [3.8, 4) is 33.4 Å². The molecule has 0 aliphatic heterocycles. The number of benzene rings is 8. The fourth-order valence-corrected chi connectivity index (χ4v) is 7.92. The van der Waals surface area contributed by atoms with Crippen molar-refractivity contribution in [1.29, 1.82) is 0 Å². The minimum atomic E-state index is 0.346. The molecule has 0 N–H and O–H groups in total. The smallest absolute Gasteiger partial charge is 0.161 e. The standard InChI is InChI=1S/C52H36N4O/c1-53-51(41-19-12-18-39(32-41)36-16-6-3-7-17-36)55-52(38-28-26-37(27-29-38)35-14-4-2-5-15-35)54-34-56-46-23-10-8-20-43(46)45-33-40(30-31-47(45)56)42-22-13-25-49-50(42)44-21-9-11-24-48(44)57-49/h2-33H,1,34H2/b54-52-,55-51-. The van der Waals surface area contributed by atoms with Crippen LogP contribution in [-0.2, 0) is 6.67 Å². The van der Waals surface area contributed by atoms with Crippen molar-refractivity contribution in [2.24, 2.45) is 15.0 Å². The third-order valence-electron chi connectivity index (χ3n) is 10.7. The van der Waals surface area contributed by atoms with Gasteiger partial charge in [-0.15, -0.1) is 0 Å². The van der Waals surface area contributed by atoms with Gasteiger partial charge >= 0.3 is 0 Å². The average molecular weight is 733 g/mol. The van der Waals surface area contributed by atoms with E-state index in [0.29, 0.717) is 18.3 Å². The van der Waals surface area contributed by atoms with Crippen LogP contribution in [0, 0.1) is 0 Å². The second-order valence-electron chi connectivity index (χ2n) is 14.1. The first-order chi connectivity index (χ1) is 28.2. The van der Waals surface area contributed by atoms with Gasteiger partial charge < -0.3 is 8.98 Å². The zero-order valence-electron chi connectivity index (χ0n) is 31.1. The highest BCUT2D eigenvalue weighted by molar-refractivity contribution is 6.15. The van der Waals surface area contributed by atoms with Crippen molar-refractivity contribution < 1.29 is 4.42 Å². The maximum Gasteiger partial charge on any atom is 0.161 e. The first-order valence-corrected chi connectivity index (χ1v) is 19.0. The number of hydrogen-bond donors (Lipinski definition) is 0. The van der Waals surface area contributed by atoms with Crippen molar-refractivity contribution in [1.82, 2.24) is 4.57 Å². The summed E-state index contributed by atoms with van der Waals surface area (Å²) in [6.45, 7) is 4.30. The van der Waals surface area contributed by atoms with Crippen LogP contribution in [0.3, 0.4) is 0 Å². The lowest BCUT2D eigenvalue weighted by Crippen LogP contribution is -2.07. The van der Waals surface area contributed by atoms with Crippen LogP contribution >= 0.6 is 0 Å².